The molecule has 0 aliphatic heterocycles. The molecule has 0 fully saturated rings. The van der Waals surface area contributed by atoms with E-state index in [1.807, 2.05) is 6.92 Å². The van der Waals surface area contributed by atoms with E-state index in [1.165, 1.54) is 0 Å². The first-order chi connectivity index (χ1) is 11.8. The molecular formula is C19H34O7. The minimum Gasteiger partial charge on any atom is -0.481 e. The van der Waals surface area contributed by atoms with E-state index in [0.29, 0.717) is 12.8 Å². The zero-order valence-corrected chi connectivity index (χ0v) is 16.8. The quantitative estimate of drug-likeness (QED) is 0.422. The lowest BCUT2D eigenvalue weighted by Crippen LogP contribution is -2.35. The fraction of sp³-hybridized carbons (Fsp3) is 0.842. The van der Waals surface area contributed by atoms with Crippen LogP contribution in [0.1, 0.15) is 67.2 Å². The fourth-order valence-corrected chi connectivity index (χ4v) is 2.55. The van der Waals surface area contributed by atoms with Crippen molar-refractivity contribution in [3.05, 3.63) is 0 Å². The number of aliphatic carboxylic acids is 1. The Labute approximate surface area is 156 Å². The lowest BCUT2D eigenvalue weighted by molar-refractivity contribution is -0.161. The number of ether oxygens (including phenoxy) is 2. The molecule has 0 aromatic carbocycles. The van der Waals surface area contributed by atoms with Gasteiger partial charge in [-0.05, 0) is 53.9 Å². The summed E-state index contributed by atoms with van der Waals surface area (Å²) in [6.07, 6.45) is 0.953. The molecular weight excluding hydrogens is 340 g/mol. The van der Waals surface area contributed by atoms with Gasteiger partial charge < -0.3 is 19.7 Å². The molecule has 2 N–H and O–H groups in total. The maximum absolute atomic E-state index is 12.3. The van der Waals surface area contributed by atoms with Crippen molar-refractivity contribution in [1.82, 2.24) is 0 Å². The molecule has 0 radical (unpaired) electrons. The van der Waals surface area contributed by atoms with Crippen LogP contribution in [0.4, 0.5) is 0 Å². The number of hydrogen-bond donors (Lipinski definition) is 2. The van der Waals surface area contributed by atoms with Crippen LogP contribution in [0.2, 0.25) is 0 Å². The van der Waals surface area contributed by atoms with Crippen LogP contribution in [0.3, 0.4) is 0 Å². The number of aliphatic hydroxyl groups excluding tert-OH is 1. The summed E-state index contributed by atoms with van der Waals surface area (Å²) >= 11 is 0. The first-order valence-corrected chi connectivity index (χ1v) is 9.07. The van der Waals surface area contributed by atoms with Gasteiger partial charge in [-0.3, -0.25) is 14.4 Å². The molecule has 0 aromatic rings. The lowest BCUT2D eigenvalue weighted by atomic mass is 9.78. The largest absolute Gasteiger partial charge is 0.481 e. The molecule has 2 unspecified atom stereocenters. The number of hydrogen-bond acceptors (Lipinski definition) is 6. The topological polar surface area (TPSA) is 110 Å². The third-order valence-corrected chi connectivity index (χ3v) is 4.00. The standard InChI is InChI=1S/C19H34O7/c1-7-13(16(23)26-18(2,3)4)11-14(15(21)22)12-19(5,6)17(24)25-10-8-9-20/h13-14,20H,7-12H2,1-6H3,(H,21,22). The summed E-state index contributed by atoms with van der Waals surface area (Å²) in [6, 6.07) is 0. The SMILES string of the molecule is CCC(CC(CC(C)(C)C(=O)OCCCO)C(=O)O)C(=O)OC(C)(C)C. The van der Waals surface area contributed by atoms with Gasteiger partial charge in [0, 0.05) is 13.0 Å². The summed E-state index contributed by atoms with van der Waals surface area (Å²) in [5.74, 6) is -3.40. The van der Waals surface area contributed by atoms with Gasteiger partial charge in [0.2, 0.25) is 0 Å². The Morgan fingerprint density at radius 3 is 2.04 bits per heavy atom. The molecule has 7 nitrogen and oxygen atoms in total. The molecule has 0 saturated heterocycles. The van der Waals surface area contributed by atoms with E-state index in [4.69, 9.17) is 14.6 Å². The maximum atomic E-state index is 12.3. The van der Waals surface area contributed by atoms with Gasteiger partial charge in [-0.25, -0.2) is 0 Å². The molecule has 152 valence electrons. The number of carboxylic acid groups (broad SMARTS) is 1. The average molecular weight is 374 g/mol. The highest BCUT2D eigenvalue weighted by molar-refractivity contribution is 5.78. The maximum Gasteiger partial charge on any atom is 0.311 e. The number of esters is 2. The number of aliphatic hydroxyl groups is 1. The molecule has 7 heteroatoms. The summed E-state index contributed by atoms with van der Waals surface area (Å²) in [6.45, 7) is 10.3. The highest BCUT2D eigenvalue weighted by Crippen LogP contribution is 2.32. The molecule has 0 aromatic heterocycles. The normalized spacial score (nSPS) is 14.4. The van der Waals surface area contributed by atoms with Gasteiger partial charge in [-0.1, -0.05) is 6.92 Å². The van der Waals surface area contributed by atoms with Gasteiger partial charge in [0.05, 0.1) is 23.9 Å². The highest BCUT2D eigenvalue weighted by Gasteiger charge is 2.37. The second-order valence-corrected chi connectivity index (χ2v) is 8.21. The molecule has 0 spiro atoms. The second-order valence-electron chi connectivity index (χ2n) is 8.21. The zero-order valence-electron chi connectivity index (χ0n) is 16.8. The summed E-state index contributed by atoms with van der Waals surface area (Å²) in [5, 5.41) is 18.3. The average Bonchev–Trinajstić information content (AvgIpc) is 2.49. The molecule has 0 amide bonds. The predicted molar refractivity (Wildman–Crippen MR) is 96.4 cm³/mol. The van der Waals surface area contributed by atoms with Crippen LogP contribution in [0.15, 0.2) is 0 Å². The Hall–Kier alpha value is -1.63. The molecule has 0 rings (SSSR count). The lowest BCUT2D eigenvalue weighted by Gasteiger charge is -2.28. The Morgan fingerprint density at radius 2 is 1.62 bits per heavy atom. The van der Waals surface area contributed by atoms with E-state index in [9.17, 15) is 19.5 Å². The van der Waals surface area contributed by atoms with E-state index in [0.717, 1.165) is 0 Å². The highest BCUT2D eigenvalue weighted by atomic mass is 16.6. The van der Waals surface area contributed by atoms with E-state index in [-0.39, 0.29) is 26.1 Å². The molecule has 0 bridgehead atoms. The zero-order chi connectivity index (χ0) is 20.5. The van der Waals surface area contributed by atoms with Crippen LogP contribution >= 0.6 is 0 Å². The first kappa shape index (κ1) is 24.4. The predicted octanol–water partition coefficient (Wildman–Crippen LogP) is 2.79. The van der Waals surface area contributed by atoms with Crippen molar-refractivity contribution in [3.8, 4) is 0 Å². The Balaban J connectivity index is 5.03. The van der Waals surface area contributed by atoms with Gasteiger partial charge in [-0.15, -0.1) is 0 Å². The number of carbonyl (C=O) groups is 3. The third kappa shape index (κ3) is 9.17. The van der Waals surface area contributed by atoms with E-state index in [1.54, 1.807) is 34.6 Å². The number of carbonyl (C=O) groups excluding carboxylic acids is 2. The Kier molecular flexibility index (Phi) is 9.84. The van der Waals surface area contributed by atoms with Gasteiger partial charge in [0.25, 0.3) is 0 Å². The first-order valence-electron chi connectivity index (χ1n) is 9.07. The van der Waals surface area contributed by atoms with Gasteiger partial charge >= 0.3 is 17.9 Å². The van der Waals surface area contributed by atoms with Crippen LogP contribution < -0.4 is 0 Å². The van der Waals surface area contributed by atoms with Crippen LogP contribution in [-0.4, -0.2) is 46.9 Å². The van der Waals surface area contributed by atoms with E-state index < -0.39 is 40.8 Å². The summed E-state index contributed by atoms with van der Waals surface area (Å²) in [4.78, 5) is 36.2. The summed E-state index contributed by atoms with van der Waals surface area (Å²) in [7, 11) is 0. The van der Waals surface area contributed by atoms with Gasteiger partial charge in [0.15, 0.2) is 0 Å². The Morgan fingerprint density at radius 1 is 1.04 bits per heavy atom. The third-order valence-electron chi connectivity index (χ3n) is 4.00. The fourth-order valence-electron chi connectivity index (χ4n) is 2.55. The van der Waals surface area contributed by atoms with Crippen molar-refractivity contribution in [2.24, 2.45) is 17.3 Å². The minimum absolute atomic E-state index is 0.0551. The van der Waals surface area contributed by atoms with Crippen molar-refractivity contribution in [2.75, 3.05) is 13.2 Å². The molecule has 0 aliphatic rings. The molecule has 0 aliphatic carbocycles. The van der Waals surface area contributed by atoms with Crippen molar-refractivity contribution in [1.29, 1.82) is 0 Å². The monoisotopic (exact) mass is 374 g/mol. The van der Waals surface area contributed by atoms with Crippen LogP contribution in [-0.2, 0) is 23.9 Å². The molecule has 26 heavy (non-hydrogen) atoms. The number of rotatable bonds is 11. The van der Waals surface area contributed by atoms with Crippen molar-refractivity contribution in [2.45, 2.75) is 72.8 Å². The molecule has 2 atom stereocenters. The summed E-state index contributed by atoms with van der Waals surface area (Å²) in [5.41, 5.74) is -1.65. The van der Waals surface area contributed by atoms with Gasteiger partial charge in [-0.2, -0.15) is 0 Å². The van der Waals surface area contributed by atoms with Crippen LogP contribution in [0.5, 0.6) is 0 Å². The Bertz CT molecular complexity index is 477. The van der Waals surface area contributed by atoms with Crippen LogP contribution in [0.25, 0.3) is 0 Å². The smallest absolute Gasteiger partial charge is 0.311 e. The summed E-state index contributed by atoms with van der Waals surface area (Å²) < 4.78 is 10.5. The van der Waals surface area contributed by atoms with Crippen molar-refractivity contribution in [3.63, 3.8) is 0 Å². The van der Waals surface area contributed by atoms with Crippen molar-refractivity contribution >= 4 is 17.9 Å². The van der Waals surface area contributed by atoms with E-state index >= 15 is 0 Å². The minimum atomic E-state index is -1.05. The molecule has 0 saturated carbocycles. The molecule has 0 heterocycles. The number of carboxylic acids is 1. The van der Waals surface area contributed by atoms with E-state index in [2.05, 4.69) is 0 Å². The second kappa shape index (κ2) is 10.5. The van der Waals surface area contributed by atoms with Gasteiger partial charge in [0.1, 0.15) is 5.60 Å². The van der Waals surface area contributed by atoms with Crippen molar-refractivity contribution < 1.29 is 34.1 Å². The van der Waals surface area contributed by atoms with Crippen LogP contribution in [0, 0.1) is 17.3 Å².